The van der Waals surface area contributed by atoms with E-state index in [1.54, 1.807) is 27.0 Å². The number of alkyl carbamates (subject to hydrolysis) is 1. The smallest absolute Gasteiger partial charge is 0.407 e. The predicted molar refractivity (Wildman–Crippen MR) is 94.9 cm³/mol. The highest BCUT2D eigenvalue weighted by Crippen LogP contribution is 2.21. The molecule has 0 aliphatic heterocycles. The minimum absolute atomic E-state index is 0.0276. The van der Waals surface area contributed by atoms with E-state index in [2.05, 4.69) is 10.6 Å². The molecule has 0 bridgehead atoms. The highest BCUT2D eigenvalue weighted by Gasteiger charge is 2.15. The highest BCUT2D eigenvalue weighted by atomic mass is 32.2. The molecule has 6 nitrogen and oxygen atoms in total. The minimum Gasteiger partial charge on any atom is -0.444 e. The van der Waals surface area contributed by atoms with Gasteiger partial charge in [-0.1, -0.05) is 12.1 Å². The summed E-state index contributed by atoms with van der Waals surface area (Å²) in [6.45, 7) is 5.71. The molecule has 1 aromatic carbocycles. The summed E-state index contributed by atoms with van der Waals surface area (Å²) in [5.41, 5.74) is 1.07. The second kappa shape index (κ2) is 8.85. The summed E-state index contributed by atoms with van der Waals surface area (Å²) in [6.07, 6.45) is 1.30. The first-order valence-corrected chi connectivity index (χ1v) is 8.43. The van der Waals surface area contributed by atoms with Gasteiger partial charge in [-0.25, -0.2) is 4.79 Å². The molecule has 0 saturated carbocycles. The third-order valence-corrected chi connectivity index (χ3v) is 3.39. The monoisotopic (exact) mass is 344 g/mol. The molecule has 0 heterocycles. The minimum atomic E-state index is -0.545. The van der Waals surface area contributed by atoms with Crippen LogP contribution in [0.2, 0.25) is 0 Å². The van der Waals surface area contributed by atoms with Crippen molar-refractivity contribution in [3.8, 4) is 12.1 Å². The van der Waals surface area contributed by atoms with Gasteiger partial charge in [0.2, 0.25) is 0 Å². The summed E-state index contributed by atoms with van der Waals surface area (Å²) in [5.74, 6) is 0. The third-order valence-electron chi connectivity index (χ3n) is 2.68. The Morgan fingerprint density at radius 3 is 2.50 bits per heavy atom. The van der Waals surface area contributed by atoms with Gasteiger partial charge in [0.15, 0.2) is 5.57 Å². The standard InChI is InChI=1S/C17H20N4O2S/c1-17(2,3)23-16(22)20-11-12-6-5-7-14(8-12)21-15(24-4)13(9-18)10-19/h5-8,21H,11H2,1-4H3,(H,20,22). The summed E-state index contributed by atoms with van der Waals surface area (Å²) in [7, 11) is 0. The average Bonchev–Trinajstić information content (AvgIpc) is 2.52. The molecule has 1 amide bonds. The zero-order valence-corrected chi connectivity index (χ0v) is 15.0. The molecule has 0 aliphatic rings. The molecule has 0 aromatic heterocycles. The van der Waals surface area contributed by atoms with Gasteiger partial charge in [-0.2, -0.15) is 10.5 Å². The number of carbonyl (C=O) groups is 1. The Hall–Kier alpha value is -2.64. The van der Waals surface area contributed by atoms with Gasteiger partial charge in [0.25, 0.3) is 0 Å². The van der Waals surface area contributed by atoms with E-state index in [9.17, 15) is 4.79 Å². The molecule has 2 N–H and O–H groups in total. The van der Waals surface area contributed by atoms with Crippen molar-refractivity contribution < 1.29 is 9.53 Å². The first-order chi connectivity index (χ1) is 11.3. The number of nitrogens with zero attached hydrogens (tertiary/aromatic N) is 2. The normalized spacial score (nSPS) is 10.1. The number of nitriles is 2. The van der Waals surface area contributed by atoms with Crippen LogP contribution in [0.25, 0.3) is 0 Å². The Morgan fingerprint density at radius 1 is 1.29 bits per heavy atom. The van der Waals surface area contributed by atoms with E-state index in [0.717, 1.165) is 11.3 Å². The zero-order chi connectivity index (χ0) is 18.2. The summed E-state index contributed by atoms with van der Waals surface area (Å²) in [6, 6.07) is 11.1. The first kappa shape index (κ1) is 19.4. The van der Waals surface area contributed by atoms with Crippen molar-refractivity contribution in [1.82, 2.24) is 5.32 Å². The topological polar surface area (TPSA) is 97.9 Å². The van der Waals surface area contributed by atoms with Crippen molar-refractivity contribution in [3.63, 3.8) is 0 Å². The van der Waals surface area contributed by atoms with Crippen LogP contribution in [0, 0.1) is 22.7 Å². The maximum atomic E-state index is 11.7. The zero-order valence-electron chi connectivity index (χ0n) is 14.1. The molecule has 1 rings (SSSR count). The van der Waals surface area contributed by atoms with Crippen molar-refractivity contribution in [2.24, 2.45) is 0 Å². The van der Waals surface area contributed by atoms with Crippen LogP contribution >= 0.6 is 11.8 Å². The highest BCUT2D eigenvalue weighted by molar-refractivity contribution is 8.02. The molecule has 0 atom stereocenters. The van der Waals surface area contributed by atoms with E-state index in [1.165, 1.54) is 11.8 Å². The number of carbonyl (C=O) groups excluding carboxylic acids is 1. The molecule has 0 saturated heterocycles. The number of hydrogen-bond acceptors (Lipinski definition) is 6. The van der Waals surface area contributed by atoms with Crippen LogP contribution in [0.4, 0.5) is 10.5 Å². The SMILES string of the molecule is CSC(Nc1cccc(CNC(=O)OC(C)(C)C)c1)=C(C#N)C#N. The van der Waals surface area contributed by atoms with Gasteiger partial charge < -0.3 is 15.4 Å². The van der Waals surface area contributed by atoms with Gasteiger partial charge in [-0.15, -0.1) is 11.8 Å². The lowest BCUT2D eigenvalue weighted by atomic mass is 10.2. The molecular formula is C17H20N4O2S. The number of allylic oxidation sites excluding steroid dienone is 1. The van der Waals surface area contributed by atoms with Crippen molar-refractivity contribution in [2.45, 2.75) is 32.9 Å². The lowest BCUT2D eigenvalue weighted by Gasteiger charge is -2.19. The fourth-order valence-electron chi connectivity index (χ4n) is 1.72. The van der Waals surface area contributed by atoms with Gasteiger partial charge in [0, 0.05) is 12.2 Å². The maximum absolute atomic E-state index is 11.7. The van der Waals surface area contributed by atoms with E-state index in [0.29, 0.717) is 11.6 Å². The Kier molecular flexibility index (Phi) is 7.16. The molecular weight excluding hydrogens is 324 g/mol. The number of nitrogens with one attached hydrogen (secondary N) is 2. The molecule has 1 aromatic rings. The van der Waals surface area contributed by atoms with Gasteiger partial charge in [0.05, 0.1) is 0 Å². The van der Waals surface area contributed by atoms with Crippen molar-refractivity contribution >= 4 is 23.5 Å². The van der Waals surface area contributed by atoms with Crippen LogP contribution in [-0.2, 0) is 11.3 Å². The molecule has 126 valence electrons. The average molecular weight is 344 g/mol. The number of rotatable bonds is 5. The molecule has 24 heavy (non-hydrogen) atoms. The van der Waals surface area contributed by atoms with Gasteiger partial charge in [-0.3, -0.25) is 0 Å². The Labute approximate surface area is 146 Å². The molecule has 0 unspecified atom stereocenters. The predicted octanol–water partition coefficient (Wildman–Crippen LogP) is 3.74. The number of anilines is 1. The summed E-state index contributed by atoms with van der Waals surface area (Å²) in [5, 5.41) is 24.1. The van der Waals surface area contributed by atoms with Crippen LogP contribution < -0.4 is 10.6 Å². The van der Waals surface area contributed by atoms with Crippen LogP contribution in [0.3, 0.4) is 0 Å². The van der Waals surface area contributed by atoms with Gasteiger partial charge in [0.1, 0.15) is 22.8 Å². The number of benzene rings is 1. The molecule has 0 radical (unpaired) electrons. The lowest BCUT2D eigenvalue weighted by Crippen LogP contribution is -2.32. The second-order valence-electron chi connectivity index (χ2n) is 5.81. The number of thioether (sulfide) groups is 1. The maximum Gasteiger partial charge on any atom is 0.407 e. The van der Waals surface area contributed by atoms with Crippen LogP contribution in [-0.4, -0.2) is 18.0 Å². The van der Waals surface area contributed by atoms with E-state index < -0.39 is 11.7 Å². The Bertz CT molecular complexity index is 693. The largest absolute Gasteiger partial charge is 0.444 e. The van der Waals surface area contributed by atoms with Gasteiger partial charge >= 0.3 is 6.09 Å². The number of amides is 1. The van der Waals surface area contributed by atoms with Crippen molar-refractivity contribution in [3.05, 3.63) is 40.4 Å². The Balaban J connectivity index is 2.78. The third kappa shape index (κ3) is 6.64. The van der Waals surface area contributed by atoms with E-state index in [4.69, 9.17) is 15.3 Å². The fraction of sp³-hybridized carbons (Fsp3) is 0.353. The molecule has 0 aliphatic carbocycles. The van der Waals surface area contributed by atoms with Gasteiger partial charge in [-0.05, 0) is 44.7 Å². The van der Waals surface area contributed by atoms with E-state index in [-0.39, 0.29) is 5.57 Å². The molecule has 0 fully saturated rings. The summed E-state index contributed by atoms with van der Waals surface area (Å²) in [4.78, 5) is 11.7. The summed E-state index contributed by atoms with van der Waals surface area (Å²) >= 11 is 1.29. The molecule has 7 heteroatoms. The summed E-state index contributed by atoms with van der Waals surface area (Å²) < 4.78 is 5.18. The molecule has 0 spiro atoms. The van der Waals surface area contributed by atoms with Crippen molar-refractivity contribution in [1.29, 1.82) is 10.5 Å². The quantitative estimate of drug-likeness (QED) is 0.790. The van der Waals surface area contributed by atoms with Crippen LogP contribution in [0.15, 0.2) is 34.9 Å². The fourth-order valence-corrected chi connectivity index (χ4v) is 2.24. The van der Waals surface area contributed by atoms with Crippen LogP contribution in [0.1, 0.15) is 26.3 Å². The van der Waals surface area contributed by atoms with Crippen molar-refractivity contribution in [2.75, 3.05) is 11.6 Å². The Morgan fingerprint density at radius 2 is 1.96 bits per heavy atom. The first-order valence-electron chi connectivity index (χ1n) is 7.20. The number of ether oxygens (including phenoxy) is 1. The number of hydrogen-bond donors (Lipinski definition) is 2. The van der Waals surface area contributed by atoms with Crippen LogP contribution in [0.5, 0.6) is 0 Å². The second-order valence-corrected chi connectivity index (χ2v) is 6.63. The van der Waals surface area contributed by atoms with E-state index >= 15 is 0 Å². The lowest BCUT2D eigenvalue weighted by molar-refractivity contribution is 0.0523. The van der Waals surface area contributed by atoms with E-state index in [1.807, 2.05) is 36.4 Å².